The number of carbonyl (C=O) groups is 1. The van der Waals surface area contributed by atoms with E-state index >= 15 is 0 Å². The summed E-state index contributed by atoms with van der Waals surface area (Å²) >= 11 is 0. The van der Waals surface area contributed by atoms with Crippen molar-refractivity contribution in [3.8, 4) is 0 Å². The van der Waals surface area contributed by atoms with Crippen molar-refractivity contribution in [2.45, 2.75) is 44.6 Å². The number of amides is 2. The molecule has 4 heterocycles. The van der Waals surface area contributed by atoms with Gasteiger partial charge in [0, 0.05) is 69.0 Å². The zero-order valence-electron chi connectivity index (χ0n) is 16.7. The molecule has 0 saturated carbocycles. The third-order valence-electron chi connectivity index (χ3n) is 5.79. The molecule has 1 N–H and O–H groups in total. The van der Waals surface area contributed by atoms with Gasteiger partial charge in [-0.1, -0.05) is 0 Å². The van der Waals surface area contributed by atoms with Crippen LogP contribution in [0.1, 0.15) is 41.8 Å². The maximum atomic E-state index is 13.0. The highest BCUT2D eigenvalue weighted by molar-refractivity contribution is 5.75. The second-order valence-electron chi connectivity index (χ2n) is 7.88. The quantitative estimate of drug-likeness (QED) is 0.829. The van der Waals surface area contributed by atoms with Gasteiger partial charge in [0.1, 0.15) is 0 Å². The number of alkyl halides is 3. The molecule has 2 aromatic heterocycles. The lowest BCUT2D eigenvalue weighted by molar-refractivity contribution is -0.137. The monoisotopic (exact) mass is 419 g/mol. The fraction of sp³-hybridized carbons (Fsp3) is 0.476. The largest absolute Gasteiger partial charge is 0.417 e. The topological polar surface area (TPSA) is 61.4 Å². The van der Waals surface area contributed by atoms with Crippen LogP contribution in [-0.2, 0) is 19.1 Å². The maximum Gasteiger partial charge on any atom is 0.417 e. The molecule has 2 aromatic rings. The molecule has 2 aliphatic rings. The second kappa shape index (κ2) is 8.22. The predicted molar refractivity (Wildman–Crippen MR) is 105 cm³/mol. The Morgan fingerprint density at radius 2 is 2.00 bits per heavy atom. The van der Waals surface area contributed by atoms with Crippen molar-refractivity contribution in [1.82, 2.24) is 25.1 Å². The summed E-state index contributed by atoms with van der Waals surface area (Å²) < 4.78 is 39.0. The first kappa shape index (κ1) is 20.6. The van der Waals surface area contributed by atoms with Crippen molar-refractivity contribution in [3.05, 3.63) is 59.2 Å². The number of halogens is 3. The first-order valence-electron chi connectivity index (χ1n) is 10.1. The number of nitrogens with one attached hydrogen (secondary N) is 1. The third kappa shape index (κ3) is 4.40. The summed E-state index contributed by atoms with van der Waals surface area (Å²) in [6.45, 7) is 3.91. The fourth-order valence-electron chi connectivity index (χ4n) is 4.12. The van der Waals surface area contributed by atoms with Crippen LogP contribution in [0.2, 0.25) is 0 Å². The molecule has 2 aliphatic heterocycles. The van der Waals surface area contributed by atoms with Crippen LogP contribution >= 0.6 is 0 Å². The summed E-state index contributed by atoms with van der Waals surface area (Å²) in [5.41, 5.74) is 1.48. The van der Waals surface area contributed by atoms with E-state index in [1.807, 2.05) is 12.1 Å². The van der Waals surface area contributed by atoms with Crippen molar-refractivity contribution in [3.63, 3.8) is 0 Å². The van der Waals surface area contributed by atoms with E-state index in [4.69, 9.17) is 0 Å². The van der Waals surface area contributed by atoms with Crippen LogP contribution in [0.3, 0.4) is 0 Å². The number of rotatable bonds is 3. The van der Waals surface area contributed by atoms with Gasteiger partial charge in [-0.3, -0.25) is 9.97 Å². The van der Waals surface area contributed by atoms with E-state index in [-0.39, 0.29) is 24.7 Å². The first-order chi connectivity index (χ1) is 14.3. The van der Waals surface area contributed by atoms with Crippen LogP contribution in [0.25, 0.3) is 0 Å². The lowest BCUT2D eigenvalue weighted by atomic mass is 10.0. The summed E-state index contributed by atoms with van der Waals surface area (Å²) in [7, 11) is 0. The molecule has 1 fully saturated rings. The van der Waals surface area contributed by atoms with Crippen LogP contribution in [0, 0.1) is 0 Å². The third-order valence-corrected chi connectivity index (χ3v) is 5.79. The van der Waals surface area contributed by atoms with Gasteiger partial charge in [0.25, 0.3) is 0 Å². The molecule has 1 saturated heterocycles. The Kier molecular flexibility index (Phi) is 5.64. The van der Waals surface area contributed by atoms with Gasteiger partial charge in [0.15, 0.2) is 0 Å². The van der Waals surface area contributed by atoms with E-state index in [1.165, 1.54) is 0 Å². The minimum atomic E-state index is -4.44. The number of likely N-dealkylation sites (tertiary alicyclic amines) is 1. The van der Waals surface area contributed by atoms with E-state index in [2.05, 4.69) is 22.2 Å². The average Bonchev–Trinajstić information content (AvgIpc) is 3.20. The van der Waals surface area contributed by atoms with Crippen molar-refractivity contribution >= 4 is 6.03 Å². The van der Waals surface area contributed by atoms with Crippen LogP contribution in [0.15, 0.2) is 36.8 Å². The molecule has 30 heavy (non-hydrogen) atoms. The highest BCUT2D eigenvalue weighted by Gasteiger charge is 2.34. The molecule has 0 spiro atoms. The van der Waals surface area contributed by atoms with E-state index < -0.39 is 11.7 Å². The lowest BCUT2D eigenvalue weighted by Gasteiger charge is -2.32. The first-order valence-corrected chi connectivity index (χ1v) is 10.1. The van der Waals surface area contributed by atoms with Gasteiger partial charge in [0.2, 0.25) is 0 Å². The fourth-order valence-corrected chi connectivity index (χ4v) is 4.12. The summed E-state index contributed by atoms with van der Waals surface area (Å²) in [6, 6.07) is 5.23. The number of pyridine rings is 2. The second-order valence-corrected chi connectivity index (χ2v) is 7.88. The van der Waals surface area contributed by atoms with E-state index in [9.17, 15) is 18.0 Å². The molecule has 0 radical (unpaired) electrons. The van der Waals surface area contributed by atoms with Crippen molar-refractivity contribution in [2.75, 3.05) is 19.6 Å². The standard InChI is InChI=1S/C21H24F3N5O/c1-14(15-2-6-25-7-3-15)27-18-4-8-29(13-18)20(30)28-9-5-19-16(12-28)10-17(11-26-19)21(22,23)24/h2-3,6-7,10-11,14,18,27H,4-5,8-9,12-13H2,1H3. The van der Waals surface area contributed by atoms with Gasteiger partial charge in [-0.2, -0.15) is 13.2 Å². The van der Waals surface area contributed by atoms with Gasteiger partial charge in [-0.15, -0.1) is 0 Å². The zero-order chi connectivity index (χ0) is 21.3. The summed E-state index contributed by atoms with van der Waals surface area (Å²) in [5, 5.41) is 3.55. The van der Waals surface area contributed by atoms with E-state index in [1.54, 1.807) is 22.2 Å². The summed E-state index contributed by atoms with van der Waals surface area (Å²) in [4.78, 5) is 24.4. The highest BCUT2D eigenvalue weighted by Crippen LogP contribution is 2.31. The summed E-state index contributed by atoms with van der Waals surface area (Å²) in [6.07, 6.45) is 1.25. The maximum absolute atomic E-state index is 13.0. The molecular weight excluding hydrogens is 395 g/mol. The van der Waals surface area contributed by atoms with Crippen LogP contribution in [0.5, 0.6) is 0 Å². The molecule has 2 atom stereocenters. The Bertz CT molecular complexity index is 905. The van der Waals surface area contributed by atoms with Crippen LogP contribution < -0.4 is 5.32 Å². The van der Waals surface area contributed by atoms with Gasteiger partial charge < -0.3 is 15.1 Å². The normalized spacial score (nSPS) is 20.2. The minimum absolute atomic E-state index is 0.126. The number of urea groups is 1. The number of fused-ring (bicyclic) bond motifs is 1. The smallest absolute Gasteiger partial charge is 0.323 e. The van der Waals surface area contributed by atoms with Gasteiger partial charge in [-0.25, -0.2) is 4.79 Å². The highest BCUT2D eigenvalue weighted by atomic mass is 19.4. The summed E-state index contributed by atoms with van der Waals surface area (Å²) in [5.74, 6) is 0. The molecule has 0 aromatic carbocycles. The predicted octanol–water partition coefficient (Wildman–Crippen LogP) is 3.40. The Hall–Kier alpha value is -2.68. The van der Waals surface area contributed by atoms with Gasteiger partial charge >= 0.3 is 12.2 Å². The van der Waals surface area contributed by atoms with Gasteiger partial charge in [-0.05, 0) is 42.7 Å². The molecule has 4 rings (SSSR count). The Morgan fingerprint density at radius 3 is 2.73 bits per heavy atom. The minimum Gasteiger partial charge on any atom is -0.323 e. The SMILES string of the molecule is CC(NC1CCN(C(=O)N2CCc3ncc(C(F)(F)F)cc3C2)C1)c1ccncc1. The molecular formula is C21H24F3N5O. The van der Waals surface area contributed by atoms with E-state index in [0.717, 1.165) is 24.2 Å². The van der Waals surface area contributed by atoms with Gasteiger partial charge in [0.05, 0.1) is 5.56 Å². The van der Waals surface area contributed by atoms with Crippen molar-refractivity contribution in [2.24, 2.45) is 0 Å². The molecule has 9 heteroatoms. The Morgan fingerprint density at radius 1 is 1.23 bits per heavy atom. The molecule has 0 aliphatic carbocycles. The molecule has 2 amide bonds. The lowest BCUT2D eigenvalue weighted by Crippen LogP contribution is -2.45. The molecule has 6 nitrogen and oxygen atoms in total. The number of hydrogen-bond donors (Lipinski definition) is 1. The van der Waals surface area contributed by atoms with Crippen molar-refractivity contribution in [1.29, 1.82) is 0 Å². The van der Waals surface area contributed by atoms with Crippen molar-refractivity contribution < 1.29 is 18.0 Å². The Balaban J connectivity index is 1.36. The molecule has 0 bridgehead atoms. The zero-order valence-corrected chi connectivity index (χ0v) is 16.7. The number of nitrogens with zero attached hydrogens (tertiary/aromatic N) is 4. The number of aromatic nitrogens is 2. The molecule has 2 unspecified atom stereocenters. The van der Waals surface area contributed by atoms with Crippen LogP contribution in [-0.4, -0.2) is 51.5 Å². The molecule has 160 valence electrons. The Labute approximate surface area is 173 Å². The number of carbonyl (C=O) groups excluding carboxylic acids is 1. The van der Waals surface area contributed by atoms with Crippen LogP contribution in [0.4, 0.5) is 18.0 Å². The van der Waals surface area contributed by atoms with E-state index in [0.29, 0.717) is 37.3 Å². The number of hydrogen-bond acceptors (Lipinski definition) is 4. The average molecular weight is 419 g/mol.